The normalized spacial score (nSPS) is 12.8. The minimum atomic E-state index is -4.96. The Morgan fingerprint density at radius 3 is 2.19 bits per heavy atom. The van der Waals surface area contributed by atoms with Crippen LogP contribution in [0.15, 0.2) is 59.6 Å². The molecule has 2 N–H and O–H groups in total. The van der Waals surface area contributed by atoms with Crippen molar-refractivity contribution in [1.82, 2.24) is 4.98 Å². The van der Waals surface area contributed by atoms with Gasteiger partial charge in [0.05, 0.1) is 16.1 Å². The highest BCUT2D eigenvalue weighted by atomic mass is 35.5. The molecule has 3 rings (SSSR count). The average molecular weight is 503 g/mol. The Kier molecular flexibility index (Phi) is 6.73. The summed E-state index contributed by atoms with van der Waals surface area (Å²) in [7, 11) is -9.45. The monoisotopic (exact) mass is 502 g/mol. The molecule has 1 aromatic heterocycles. The molecule has 0 saturated heterocycles. The van der Waals surface area contributed by atoms with Crippen LogP contribution >= 0.6 is 30.8 Å². The standard InChI is InChI=1S/C20H21Cl2N2O5PS/c1-3-20(4-2,30(25,26)27)24(17-7-8-19-14(10-17)6-5-9-23-19)31(28,29)18-12-15(21)11-16(22)13-18/h5-13H,3-4H2,1-2H3,(H2,25,26,27). The lowest BCUT2D eigenvalue weighted by atomic mass is 10.1. The van der Waals surface area contributed by atoms with Gasteiger partial charge in [-0.05, 0) is 55.3 Å². The van der Waals surface area contributed by atoms with Crippen molar-refractivity contribution in [1.29, 1.82) is 0 Å². The van der Waals surface area contributed by atoms with E-state index in [-0.39, 0.29) is 33.5 Å². The quantitative estimate of drug-likeness (QED) is 0.417. The van der Waals surface area contributed by atoms with Gasteiger partial charge in [-0.1, -0.05) is 43.1 Å². The number of pyridine rings is 1. The fourth-order valence-electron chi connectivity index (χ4n) is 3.64. The van der Waals surface area contributed by atoms with Crippen LogP contribution in [0.5, 0.6) is 0 Å². The largest absolute Gasteiger partial charge is 0.351 e. The summed E-state index contributed by atoms with van der Waals surface area (Å²) in [5, 5.41) is -1.22. The average Bonchev–Trinajstić information content (AvgIpc) is 2.69. The van der Waals surface area contributed by atoms with Crippen LogP contribution in [0.2, 0.25) is 10.0 Å². The van der Waals surface area contributed by atoms with Crippen LogP contribution in [-0.4, -0.2) is 28.5 Å². The van der Waals surface area contributed by atoms with E-state index in [1.165, 1.54) is 24.3 Å². The maximum absolute atomic E-state index is 13.8. The number of anilines is 1. The summed E-state index contributed by atoms with van der Waals surface area (Å²) in [5.41, 5.74) is 0.716. The first-order valence-electron chi connectivity index (χ1n) is 9.38. The van der Waals surface area contributed by atoms with Gasteiger partial charge in [0.25, 0.3) is 10.0 Å². The van der Waals surface area contributed by atoms with E-state index in [1.807, 2.05) is 0 Å². The second-order valence-electron chi connectivity index (χ2n) is 6.99. The van der Waals surface area contributed by atoms with Gasteiger partial charge in [-0.2, -0.15) is 0 Å². The molecule has 0 amide bonds. The number of hydrogen-bond donors (Lipinski definition) is 2. The molecule has 0 spiro atoms. The molecule has 0 bridgehead atoms. The van der Waals surface area contributed by atoms with E-state index in [4.69, 9.17) is 23.2 Å². The topological polar surface area (TPSA) is 108 Å². The zero-order valence-electron chi connectivity index (χ0n) is 16.7. The molecule has 0 saturated carbocycles. The van der Waals surface area contributed by atoms with Gasteiger partial charge < -0.3 is 9.79 Å². The predicted molar refractivity (Wildman–Crippen MR) is 123 cm³/mol. The van der Waals surface area contributed by atoms with Crippen LogP contribution in [0.4, 0.5) is 5.69 Å². The summed E-state index contributed by atoms with van der Waals surface area (Å²) >= 11 is 12.1. The molecule has 0 aliphatic carbocycles. The van der Waals surface area contributed by atoms with Crippen LogP contribution in [0.25, 0.3) is 10.9 Å². The second kappa shape index (κ2) is 8.70. The summed E-state index contributed by atoms with van der Waals surface area (Å²) in [6, 6.07) is 11.8. The summed E-state index contributed by atoms with van der Waals surface area (Å²) < 4.78 is 41.2. The Balaban J connectivity index is 2.39. The fourth-order valence-corrected chi connectivity index (χ4v) is 7.97. The van der Waals surface area contributed by atoms with Gasteiger partial charge in [0.1, 0.15) is 0 Å². The number of rotatable bonds is 7. The number of halogens is 2. The van der Waals surface area contributed by atoms with Crippen molar-refractivity contribution < 1.29 is 22.8 Å². The van der Waals surface area contributed by atoms with Gasteiger partial charge in [0, 0.05) is 21.6 Å². The molecule has 0 unspecified atom stereocenters. The maximum Gasteiger partial charge on any atom is 0.351 e. The smallest absolute Gasteiger partial charge is 0.323 e. The Morgan fingerprint density at radius 1 is 1.03 bits per heavy atom. The van der Waals surface area contributed by atoms with Gasteiger partial charge in [0.15, 0.2) is 5.28 Å². The van der Waals surface area contributed by atoms with Crippen LogP contribution in [-0.2, 0) is 14.6 Å². The summed E-state index contributed by atoms with van der Waals surface area (Å²) in [4.78, 5) is 24.6. The minimum absolute atomic E-state index is 0.0866. The number of fused-ring (bicyclic) bond motifs is 1. The Bertz CT molecular complexity index is 1260. The van der Waals surface area contributed by atoms with E-state index in [0.29, 0.717) is 10.9 Å². The molecule has 3 aromatic rings. The SMILES string of the molecule is CCC(CC)(N(c1ccc2ncccc2c1)S(=O)(=O)c1cc(Cl)cc(Cl)c1)P(=O)(O)O. The number of hydrogen-bond acceptors (Lipinski definition) is 4. The highest BCUT2D eigenvalue weighted by molar-refractivity contribution is 7.93. The first-order valence-corrected chi connectivity index (χ1v) is 13.2. The molecule has 0 aliphatic heterocycles. The summed E-state index contributed by atoms with van der Waals surface area (Å²) in [6.07, 6.45) is 1.33. The Hall–Kier alpha value is -1.67. The molecule has 0 radical (unpaired) electrons. The third-order valence-electron chi connectivity index (χ3n) is 5.25. The van der Waals surface area contributed by atoms with Crippen LogP contribution < -0.4 is 4.31 Å². The molecule has 7 nitrogen and oxygen atoms in total. The van der Waals surface area contributed by atoms with Crippen molar-refractivity contribution in [2.45, 2.75) is 36.9 Å². The van der Waals surface area contributed by atoms with E-state index < -0.39 is 22.9 Å². The van der Waals surface area contributed by atoms with Crippen molar-refractivity contribution in [2.75, 3.05) is 4.31 Å². The molecule has 31 heavy (non-hydrogen) atoms. The lowest BCUT2D eigenvalue weighted by molar-refractivity contribution is 0.317. The van der Waals surface area contributed by atoms with E-state index in [9.17, 15) is 22.8 Å². The number of nitrogens with zero attached hydrogens (tertiary/aromatic N) is 2. The van der Waals surface area contributed by atoms with Crippen molar-refractivity contribution in [3.05, 3.63) is 64.8 Å². The van der Waals surface area contributed by atoms with E-state index in [0.717, 1.165) is 4.31 Å². The van der Waals surface area contributed by atoms with Gasteiger partial charge in [-0.15, -0.1) is 0 Å². The third kappa shape index (κ3) is 4.33. The van der Waals surface area contributed by atoms with Gasteiger partial charge in [0.2, 0.25) is 0 Å². The van der Waals surface area contributed by atoms with Crippen molar-refractivity contribution in [2.24, 2.45) is 0 Å². The second-order valence-corrected chi connectivity index (χ2v) is 11.6. The number of benzene rings is 2. The zero-order chi connectivity index (χ0) is 23.0. The molecule has 0 atom stereocenters. The Morgan fingerprint density at radius 2 is 1.65 bits per heavy atom. The van der Waals surface area contributed by atoms with Crippen LogP contribution in [0, 0.1) is 0 Å². The van der Waals surface area contributed by atoms with Crippen LogP contribution in [0.1, 0.15) is 26.7 Å². The number of sulfonamides is 1. The minimum Gasteiger partial charge on any atom is -0.323 e. The first kappa shape index (κ1) is 24.0. The fraction of sp³-hybridized carbons (Fsp3) is 0.250. The van der Waals surface area contributed by atoms with Crippen molar-refractivity contribution in [3.63, 3.8) is 0 Å². The molecule has 1 heterocycles. The predicted octanol–water partition coefficient (Wildman–Crippen LogP) is 5.43. The zero-order valence-corrected chi connectivity index (χ0v) is 20.0. The van der Waals surface area contributed by atoms with E-state index >= 15 is 0 Å². The van der Waals surface area contributed by atoms with Crippen molar-refractivity contribution in [3.8, 4) is 0 Å². The van der Waals surface area contributed by atoms with Crippen LogP contribution in [0.3, 0.4) is 0 Å². The molecule has 0 aliphatic rings. The highest BCUT2D eigenvalue weighted by Gasteiger charge is 2.54. The van der Waals surface area contributed by atoms with Crippen molar-refractivity contribution >= 4 is 57.4 Å². The summed E-state index contributed by atoms with van der Waals surface area (Å²) in [5.74, 6) is 0. The maximum atomic E-state index is 13.8. The molecule has 0 fully saturated rings. The summed E-state index contributed by atoms with van der Waals surface area (Å²) in [6.45, 7) is 3.08. The van der Waals surface area contributed by atoms with E-state index in [2.05, 4.69) is 4.98 Å². The van der Waals surface area contributed by atoms with Gasteiger partial charge in [-0.3, -0.25) is 9.55 Å². The molecular formula is C20H21Cl2N2O5PS. The molecule has 11 heteroatoms. The van der Waals surface area contributed by atoms with Gasteiger partial charge in [-0.25, -0.2) is 12.7 Å². The molecule has 166 valence electrons. The lowest BCUT2D eigenvalue weighted by Gasteiger charge is -2.43. The Labute approximate surface area is 190 Å². The lowest BCUT2D eigenvalue weighted by Crippen LogP contribution is -2.51. The number of aromatic nitrogens is 1. The first-order chi connectivity index (χ1) is 14.5. The molecule has 2 aromatic carbocycles. The highest BCUT2D eigenvalue weighted by Crippen LogP contribution is 2.59. The molecular weight excluding hydrogens is 482 g/mol. The van der Waals surface area contributed by atoms with Gasteiger partial charge >= 0.3 is 7.60 Å². The third-order valence-corrected chi connectivity index (χ3v) is 9.61. The van der Waals surface area contributed by atoms with E-state index in [1.54, 1.807) is 44.3 Å².